The van der Waals surface area contributed by atoms with Gasteiger partial charge in [0.25, 0.3) is 0 Å². The topological polar surface area (TPSA) is 40.6 Å². The number of piperazine rings is 1. The predicted molar refractivity (Wildman–Crippen MR) is 73.8 cm³/mol. The van der Waals surface area contributed by atoms with E-state index in [-0.39, 0.29) is 23.9 Å². The second-order valence-electron chi connectivity index (χ2n) is 5.09. The first-order valence-corrected chi connectivity index (χ1v) is 6.79. The number of amides is 1. The van der Waals surface area contributed by atoms with Gasteiger partial charge >= 0.3 is 0 Å². The van der Waals surface area contributed by atoms with E-state index >= 15 is 0 Å². The minimum absolute atomic E-state index is 0.00590. The quantitative estimate of drug-likeness (QED) is 0.828. The van der Waals surface area contributed by atoms with E-state index < -0.39 is 0 Å². The number of rotatable bonds is 4. The second-order valence-corrected chi connectivity index (χ2v) is 5.09. The summed E-state index contributed by atoms with van der Waals surface area (Å²) in [6, 6.07) is 6.36. The maximum Gasteiger partial charge on any atom is 0.219 e. The molecule has 1 saturated heterocycles. The molecule has 1 aromatic rings. The highest BCUT2D eigenvalue weighted by Crippen LogP contribution is 2.09. The molecule has 20 heavy (non-hydrogen) atoms. The Balaban J connectivity index is 1.81. The van der Waals surface area contributed by atoms with Crippen molar-refractivity contribution >= 4 is 11.7 Å². The molecule has 1 amide bonds. The minimum atomic E-state index is -0.331. The number of ketones is 1. The van der Waals surface area contributed by atoms with Crippen LogP contribution in [-0.4, -0.2) is 54.2 Å². The third kappa shape index (κ3) is 3.87. The number of Topliss-reactive ketones (excluding diaryl/α,β-unsaturated/α-hetero) is 1. The fourth-order valence-electron chi connectivity index (χ4n) is 2.38. The van der Waals surface area contributed by atoms with E-state index in [1.165, 1.54) is 6.07 Å². The van der Waals surface area contributed by atoms with Gasteiger partial charge in [0.15, 0.2) is 5.78 Å². The summed E-state index contributed by atoms with van der Waals surface area (Å²) in [4.78, 5) is 27.0. The van der Waals surface area contributed by atoms with E-state index in [2.05, 4.69) is 0 Å². The molecule has 108 valence electrons. The van der Waals surface area contributed by atoms with E-state index in [4.69, 9.17) is 0 Å². The van der Waals surface area contributed by atoms with E-state index in [0.29, 0.717) is 38.3 Å². The van der Waals surface area contributed by atoms with Crippen molar-refractivity contribution in [1.82, 2.24) is 9.80 Å². The zero-order chi connectivity index (χ0) is 14.5. The van der Waals surface area contributed by atoms with Gasteiger partial charge in [0.2, 0.25) is 5.91 Å². The highest BCUT2D eigenvalue weighted by atomic mass is 19.1. The van der Waals surface area contributed by atoms with Crippen molar-refractivity contribution in [3.63, 3.8) is 0 Å². The Kier molecular flexibility index (Phi) is 4.84. The molecular formula is C15H19FN2O2. The van der Waals surface area contributed by atoms with Gasteiger partial charge < -0.3 is 4.90 Å². The molecule has 0 spiro atoms. The molecule has 0 saturated carbocycles. The summed E-state index contributed by atoms with van der Waals surface area (Å²) in [6.07, 6.45) is 0.125. The Labute approximate surface area is 118 Å². The van der Waals surface area contributed by atoms with Gasteiger partial charge in [-0.15, -0.1) is 0 Å². The predicted octanol–water partition coefficient (Wildman–Crippen LogP) is 1.10. The fraction of sp³-hybridized carbons (Fsp3) is 0.467. The summed E-state index contributed by atoms with van der Waals surface area (Å²) < 4.78 is 13.5. The first-order chi connectivity index (χ1) is 9.56. The average Bonchev–Trinajstić information content (AvgIpc) is 2.42. The number of nitrogens with zero attached hydrogens (tertiary/aromatic N) is 2. The lowest BCUT2D eigenvalue weighted by Gasteiger charge is -2.33. The van der Waals surface area contributed by atoms with E-state index in [9.17, 15) is 14.0 Å². The van der Waals surface area contributed by atoms with Gasteiger partial charge in [0.1, 0.15) is 5.82 Å². The van der Waals surface area contributed by atoms with E-state index in [0.717, 1.165) is 0 Å². The monoisotopic (exact) mass is 278 g/mol. The molecule has 1 aliphatic rings. The molecule has 0 aromatic heterocycles. The van der Waals surface area contributed by atoms with Gasteiger partial charge in [0.05, 0.1) is 6.54 Å². The van der Waals surface area contributed by atoms with Gasteiger partial charge in [-0.2, -0.15) is 0 Å². The van der Waals surface area contributed by atoms with Crippen molar-refractivity contribution in [2.45, 2.75) is 13.3 Å². The van der Waals surface area contributed by atoms with Crippen molar-refractivity contribution < 1.29 is 14.0 Å². The molecule has 0 N–H and O–H groups in total. The van der Waals surface area contributed by atoms with Crippen LogP contribution in [0.25, 0.3) is 0 Å². The summed E-state index contributed by atoms with van der Waals surface area (Å²) in [5, 5.41) is 0. The molecule has 2 rings (SSSR count). The Bertz CT molecular complexity index is 496. The van der Waals surface area contributed by atoms with Crippen molar-refractivity contribution in [3.05, 3.63) is 35.6 Å². The number of carbonyl (C=O) groups excluding carboxylic acids is 2. The number of benzene rings is 1. The van der Waals surface area contributed by atoms with Crippen LogP contribution in [0.2, 0.25) is 0 Å². The molecule has 1 aromatic carbocycles. The molecule has 5 heteroatoms. The van der Waals surface area contributed by atoms with E-state index in [1.54, 1.807) is 30.0 Å². The summed E-state index contributed by atoms with van der Waals surface area (Å²) in [6.45, 7) is 4.58. The van der Waals surface area contributed by atoms with Crippen LogP contribution in [0, 0.1) is 5.82 Å². The third-order valence-corrected chi connectivity index (χ3v) is 3.56. The number of halogens is 1. The first-order valence-electron chi connectivity index (χ1n) is 6.79. The molecule has 0 bridgehead atoms. The van der Waals surface area contributed by atoms with Gasteiger partial charge in [-0.25, -0.2) is 4.39 Å². The molecule has 1 fully saturated rings. The molecule has 1 heterocycles. The fourth-order valence-corrected chi connectivity index (χ4v) is 2.38. The lowest BCUT2D eigenvalue weighted by atomic mass is 10.1. The normalized spacial score (nSPS) is 16.2. The SMILES string of the molecule is CC(=O)N1CCN(CC(=O)Cc2ccccc2F)CC1. The number of hydrogen-bond donors (Lipinski definition) is 0. The lowest BCUT2D eigenvalue weighted by molar-refractivity contribution is -0.130. The smallest absolute Gasteiger partial charge is 0.219 e. The van der Waals surface area contributed by atoms with Crippen LogP contribution < -0.4 is 0 Å². The molecule has 0 atom stereocenters. The van der Waals surface area contributed by atoms with Crippen molar-refractivity contribution in [1.29, 1.82) is 0 Å². The van der Waals surface area contributed by atoms with Gasteiger partial charge in [-0.1, -0.05) is 18.2 Å². The van der Waals surface area contributed by atoms with Crippen LogP contribution in [0.15, 0.2) is 24.3 Å². The van der Waals surface area contributed by atoms with Crippen LogP contribution in [0.3, 0.4) is 0 Å². The molecule has 0 aliphatic carbocycles. The average molecular weight is 278 g/mol. The standard InChI is InChI=1S/C15H19FN2O2/c1-12(19)18-8-6-17(7-9-18)11-14(20)10-13-4-2-3-5-15(13)16/h2-5H,6-11H2,1H3. The van der Waals surface area contributed by atoms with Crippen molar-refractivity contribution in [3.8, 4) is 0 Å². The Morgan fingerprint density at radius 1 is 1.15 bits per heavy atom. The Morgan fingerprint density at radius 2 is 1.80 bits per heavy atom. The molecular weight excluding hydrogens is 259 g/mol. The van der Waals surface area contributed by atoms with Crippen molar-refractivity contribution in [2.24, 2.45) is 0 Å². The molecule has 4 nitrogen and oxygen atoms in total. The van der Waals surface area contributed by atoms with Gasteiger partial charge in [-0.05, 0) is 11.6 Å². The highest BCUT2D eigenvalue weighted by Gasteiger charge is 2.20. The summed E-state index contributed by atoms with van der Waals surface area (Å²) in [5.74, 6) is -0.254. The van der Waals surface area contributed by atoms with Gasteiger partial charge in [0, 0.05) is 39.5 Å². The largest absolute Gasteiger partial charge is 0.340 e. The second kappa shape index (κ2) is 6.61. The minimum Gasteiger partial charge on any atom is -0.340 e. The third-order valence-electron chi connectivity index (χ3n) is 3.56. The first kappa shape index (κ1) is 14.7. The van der Waals surface area contributed by atoms with Crippen LogP contribution in [0.5, 0.6) is 0 Å². The number of hydrogen-bond acceptors (Lipinski definition) is 3. The maximum absolute atomic E-state index is 13.5. The summed E-state index contributed by atoms with van der Waals surface area (Å²) in [5.41, 5.74) is 0.444. The highest BCUT2D eigenvalue weighted by molar-refractivity contribution is 5.82. The zero-order valence-corrected chi connectivity index (χ0v) is 11.6. The summed E-state index contributed by atoms with van der Waals surface area (Å²) in [7, 11) is 0. The Hall–Kier alpha value is -1.75. The van der Waals surface area contributed by atoms with E-state index in [1.807, 2.05) is 4.90 Å². The zero-order valence-electron chi connectivity index (χ0n) is 11.6. The summed E-state index contributed by atoms with van der Waals surface area (Å²) >= 11 is 0. The molecule has 0 radical (unpaired) electrons. The molecule has 1 aliphatic heterocycles. The van der Waals surface area contributed by atoms with Crippen LogP contribution in [0.1, 0.15) is 12.5 Å². The van der Waals surface area contributed by atoms with Gasteiger partial charge in [-0.3, -0.25) is 14.5 Å². The van der Waals surface area contributed by atoms with Crippen molar-refractivity contribution in [2.75, 3.05) is 32.7 Å². The van der Waals surface area contributed by atoms with Crippen LogP contribution >= 0.6 is 0 Å². The van der Waals surface area contributed by atoms with Crippen LogP contribution in [0.4, 0.5) is 4.39 Å². The maximum atomic E-state index is 13.5. The lowest BCUT2D eigenvalue weighted by Crippen LogP contribution is -2.49. The van der Waals surface area contributed by atoms with Crippen LogP contribution in [-0.2, 0) is 16.0 Å². The number of carbonyl (C=O) groups is 2. The molecule has 0 unspecified atom stereocenters. The Morgan fingerprint density at radius 3 is 2.40 bits per heavy atom.